The maximum absolute atomic E-state index is 12.0. The minimum atomic E-state index is -0.453. The molecule has 0 spiro atoms. The van der Waals surface area contributed by atoms with E-state index >= 15 is 0 Å². The molecule has 0 aliphatic heterocycles. The first-order valence-corrected chi connectivity index (χ1v) is 7.08. The molecule has 0 radical (unpaired) electrons. The van der Waals surface area contributed by atoms with E-state index in [1.807, 2.05) is 26.0 Å². The smallest absolute Gasteiger partial charge is 0.248 e. The minimum absolute atomic E-state index is 0.0977. The number of hydrogen-bond donors (Lipinski definition) is 1. The van der Waals surface area contributed by atoms with E-state index in [-0.39, 0.29) is 9.14 Å². The first-order chi connectivity index (χ1) is 8.37. The van der Waals surface area contributed by atoms with Crippen LogP contribution < -0.4 is 5.43 Å². The van der Waals surface area contributed by atoms with Crippen LogP contribution in [-0.2, 0) is 4.79 Å². The Bertz CT molecular complexity index is 501. The van der Waals surface area contributed by atoms with Crippen LogP contribution in [-0.4, -0.2) is 19.8 Å². The summed E-state index contributed by atoms with van der Waals surface area (Å²) in [5.74, 6) is -0.0977. The Morgan fingerprint density at radius 2 is 2.22 bits per heavy atom. The van der Waals surface area contributed by atoms with Gasteiger partial charge in [-0.3, -0.25) is 9.78 Å². The molecule has 0 saturated heterocycles. The molecule has 1 aliphatic carbocycles. The largest absolute Gasteiger partial charge is 0.272 e. The van der Waals surface area contributed by atoms with Crippen molar-refractivity contribution in [2.45, 2.75) is 23.5 Å². The van der Waals surface area contributed by atoms with Gasteiger partial charge in [0.15, 0.2) is 0 Å². The Kier molecular flexibility index (Phi) is 3.60. The van der Waals surface area contributed by atoms with Gasteiger partial charge in [-0.15, -0.1) is 0 Å². The predicted octanol–water partition coefficient (Wildman–Crippen LogP) is 2.82. The van der Waals surface area contributed by atoms with E-state index in [0.717, 1.165) is 17.7 Å². The summed E-state index contributed by atoms with van der Waals surface area (Å²) in [4.78, 5) is 16.0. The highest BCUT2D eigenvalue weighted by Gasteiger charge is 2.66. The van der Waals surface area contributed by atoms with Crippen molar-refractivity contribution in [1.29, 1.82) is 0 Å². The topological polar surface area (TPSA) is 54.4 Å². The average molecular weight is 375 g/mol. The Hall–Kier alpha value is -0.750. The molecule has 96 valence electrons. The standard InChI is InChI=1S/C12H13Br2N3O/c1-8(9-4-3-5-15-6-9)16-17-10(18)11(2)7-12(11,13)14/h3-6H,7H2,1-2H3,(H,17,18)/b16-8+. The number of hydrazone groups is 1. The third kappa shape index (κ3) is 2.49. The fourth-order valence-electron chi connectivity index (χ4n) is 1.55. The number of hydrogen-bond acceptors (Lipinski definition) is 3. The maximum atomic E-state index is 12.0. The van der Waals surface area contributed by atoms with Crippen LogP contribution in [0.15, 0.2) is 29.6 Å². The molecule has 1 atom stereocenters. The lowest BCUT2D eigenvalue weighted by Gasteiger charge is -2.10. The molecule has 1 aromatic rings. The van der Waals surface area contributed by atoms with Crippen molar-refractivity contribution in [1.82, 2.24) is 10.4 Å². The highest BCUT2D eigenvalue weighted by atomic mass is 79.9. The number of halogens is 2. The van der Waals surface area contributed by atoms with Crippen LogP contribution in [0.4, 0.5) is 0 Å². The summed E-state index contributed by atoms with van der Waals surface area (Å²) in [6.07, 6.45) is 4.15. The van der Waals surface area contributed by atoms with Crippen molar-refractivity contribution in [3.63, 3.8) is 0 Å². The number of nitrogens with one attached hydrogen (secondary N) is 1. The van der Waals surface area contributed by atoms with Gasteiger partial charge >= 0.3 is 0 Å². The molecule has 1 aliphatic rings. The number of pyridine rings is 1. The number of amides is 1. The van der Waals surface area contributed by atoms with Gasteiger partial charge in [0.05, 0.1) is 14.4 Å². The number of nitrogens with zero attached hydrogens (tertiary/aromatic N) is 2. The van der Waals surface area contributed by atoms with Gasteiger partial charge in [-0.1, -0.05) is 37.9 Å². The van der Waals surface area contributed by atoms with E-state index in [4.69, 9.17) is 0 Å². The average Bonchev–Trinajstić information content (AvgIpc) is 2.87. The van der Waals surface area contributed by atoms with Crippen molar-refractivity contribution >= 4 is 43.5 Å². The molecule has 2 rings (SSSR count). The number of carbonyl (C=O) groups is 1. The van der Waals surface area contributed by atoms with Crippen LogP contribution in [0.5, 0.6) is 0 Å². The third-order valence-electron chi connectivity index (χ3n) is 3.16. The molecule has 0 bridgehead atoms. The molecule has 1 amide bonds. The Labute approximate surface area is 123 Å². The van der Waals surface area contributed by atoms with E-state index in [1.165, 1.54) is 0 Å². The maximum Gasteiger partial charge on any atom is 0.248 e. The molecule has 0 aromatic carbocycles. The molecular formula is C12H13Br2N3O. The van der Waals surface area contributed by atoms with Crippen LogP contribution in [0.2, 0.25) is 0 Å². The Balaban J connectivity index is 2.02. The summed E-state index contributed by atoms with van der Waals surface area (Å²) in [5.41, 5.74) is 3.77. The lowest BCUT2D eigenvalue weighted by Crippen LogP contribution is -2.30. The molecule has 1 saturated carbocycles. The lowest BCUT2D eigenvalue weighted by atomic mass is 10.1. The van der Waals surface area contributed by atoms with E-state index in [9.17, 15) is 4.79 Å². The van der Waals surface area contributed by atoms with Crippen molar-refractivity contribution in [2.24, 2.45) is 10.5 Å². The third-order valence-corrected chi connectivity index (χ3v) is 5.47. The molecule has 4 nitrogen and oxygen atoms in total. The monoisotopic (exact) mass is 373 g/mol. The van der Waals surface area contributed by atoms with Gasteiger partial charge < -0.3 is 0 Å². The van der Waals surface area contributed by atoms with Gasteiger partial charge in [-0.25, -0.2) is 5.43 Å². The van der Waals surface area contributed by atoms with Gasteiger partial charge in [0.2, 0.25) is 5.91 Å². The Morgan fingerprint density at radius 1 is 1.56 bits per heavy atom. The zero-order valence-corrected chi connectivity index (χ0v) is 13.2. The lowest BCUT2D eigenvalue weighted by molar-refractivity contribution is -0.125. The minimum Gasteiger partial charge on any atom is -0.272 e. The second-order valence-electron chi connectivity index (χ2n) is 4.59. The molecule has 1 unspecified atom stereocenters. The van der Waals surface area contributed by atoms with E-state index in [1.54, 1.807) is 12.4 Å². The summed E-state index contributed by atoms with van der Waals surface area (Å²) in [7, 11) is 0. The fourth-order valence-corrected chi connectivity index (χ4v) is 3.03. The molecule has 1 fully saturated rings. The Morgan fingerprint density at radius 3 is 2.72 bits per heavy atom. The summed E-state index contributed by atoms with van der Waals surface area (Å²) in [6, 6.07) is 3.73. The fraction of sp³-hybridized carbons (Fsp3) is 0.417. The summed E-state index contributed by atoms with van der Waals surface area (Å²) in [6.45, 7) is 3.73. The molecular weight excluding hydrogens is 362 g/mol. The molecule has 18 heavy (non-hydrogen) atoms. The summed E-state index contributed by atoms with van der Waals surface area (Å²) in [5, 5.41) is 4.10. The second-order valence-corrected chi connectivity index (χ2v) is 8.36. The van der Waals surface area contributed by atoms with Crippen molar-refractivity contribution in [3.8, 4) is 0 Å². The van der Waals surface area contributed by atoms with Crippen LogP contribution >= 0.6 is 31.9 Å². The van der Waals surface area contributed by atoms with Gasteiger partial charge in [-0.2, -0.15) is 5.10 Å². The summed E-state index contributed by atoms with van der Waals surface area (Å²) >= 11 is 6.92. The van der Waals surface area contributed by atoms with Crippen LogP contribution in [0.25, 0.3) is 0 Å². The van der Waals surface area contributed by atoms with Gasteiger partial charge in [0.1, 0.15) is 0 Å². The normalized spacial score (nSPS) is 25.7. The van der Waals surface area contributed by atoms with Crippen LogP contribution in [0, 0.1) is 5.41 Å². The number of rotatable bonds is 3. The molecule has 1 N–H and O–H groups in total. The zero-order valence-electron chi connectivity index (χ0n) is 10.1. The van der Waals surface area contributed by atoms with Crippen molar-refractivity contribution in [2.75, 3.05) is 0 Å². The van der Waals surface area contributed by atoms with Crippen molar-refractivity contribution in [3.05, 3.63) is 30.1 Å². The van der Waals surface area contributed by atoms with Crippen molar-refractivity contribution < 1.29 is 4.79 Å². The number of alkyl halides is 2. The number of aromatic nitrogens is 1. The van der Waals surface area contributed by atoms with Gasteiger partial charge in [-0.05, 0) is 26.3 Å². The van der Waals surface area contributed by atoms with Crippen LogP contribution in [0.1, 0.15) is 25.8 Å². The van der Waals surface area contributed by atoms with E-state index in [2.05, 4.69) is 47.4 Å². The molecule has 6 heteroatoms. The SMILES string of the molecule is C/C(=N\NC(=O)C1(C)CC1(Br)Br)c1cccnc1. The van der Waals surface area contributed by atoms with E-state index < -0.39 is 5.41 Å². The highest BCUT2D eigenvalue weighted by molar-refractivity contribution is 9.25. The first kappa shape index (κ1) is 13.7. The first-order valence-electron chi connectivity index (χ1n) is 5.50. The molecule has 1 heterocycles. The van der Waals surface area contributed by atoms with E-state index in [0.29, 0.717) is 0 Å². The quantitative estimate of drug-likeness (QED) is 0.502. The summed E-state index contributed by atoms with van der Waals surface area (Å²) < 4.78 is -0.297. The zero-order chi connectivity index (χ0) is 13.4. The second kappa shape index (κ2) is 4.74. The highest BCUT2D eigenvalue weighted by Crippen LogP contribution is 2.66. The van der Waals surface area contributed by atoms with Gasteiger partial charge in [0.25, 0.3) is 0 Å². The number of carbonyl (C=O) groups excluding carboxylic acids is 1. The van der Waals surface area contributed by atoms with Gasteiger partial charge in [0, 0.05) is 18.0 Å². The predicted molar refractivity (Wildman–Crippen MR) is 77.9 cm³/mol. The molecule has 1 aromatic heterocycles. The van der Waals surface area contributed by atoms with Crippen LogP contribution in [0.3, 0.4) is 0 Å².